The van der Waals surface area contributed by atoms with Gasteiger partial charge in [0.25, 0.3) is 5.91 Å². The molecule has 154 valence electrons. The number of nitrogens with one attached hydrogen (secondary N) is 1. The Labute approximate surface area is 168 Å². The summed E-state index contributed by atoms with van der Waals surface area (Å²) in [5.41, 5.74) is 1.31. The Hall–Kier alpha value is -1.92. The van der Waals surface area contributed by atoms with Crippen LogP contribution >= 0.6 is 0 Å². The fourth-order valence-electron chi connectivity index (χ4n) is 4.41. The molecule has 2 saturated heterocycles. The molecule has 2 fully saturated rings. The molecule has 0 bridgehead atoms. The van der Waals surface area contributed by atoms with E-state index in [1.165, 1.54) is 32.4 Å². The molecule has 1 aromatic carbocycles. The molecule has 1 atom stereocenters. The van der Waals surface area contributed by atoms with Crippen LogP contribution in [0.3, 0.4) is 0 Å². The zero-order valence-corrected chi connectivity index (χ0v) is 17.3. The first kappa shape index (κ1) is 20.8. The summed E-state index contributed by atoms with van der Waals surface area (Å²) in [5, 5.41) is 2.98. The van der Waals surface area contributed by atoms with Crippen LogP contribution < -0.4 is 5.32 Å². The maximum absolute atomic E-state index is 12.6. The number of benzene rings is 1. The Morgan fingerprint density at radius 1 is 1.11 bits per heavy atom. The average Bonchev–Trinajstić information content (AvgIpc) is 3.24. The van der Waals surface area contributed by atoms with Gasteiger partial charge in [0, 0.05) is 36.9 Å². The van der Waals surface area contributed by atoms with Crippen LogP contribution in [0.5, 0.6) is 0 Å². The number of amides is 2. The average molecular weight is 387 g/mol. The quantitative estimate of drug-likeness (QED) is 0.783. The van der Waals surface area contributed by atoms with Crippen molar-refractivity contribution in [2.24, 2.45) is 0 Å². The first-order valence-corrected chi connectivity index (χ1v) is 10.8. The number of carbonyl (C=O) groups excluding carboxylic acids is 2. The van der Waals surface area contributed by atoms with Crippen molar-refractivity contribution in [3.05, 3.63) is 29.8 Å². The zero-order chi connectivity index (χ0) is 19.9. The van der Waals surface area contributed by atoms with Crippen molar-refractivity contribution >= 4 is 17.5 Å². The van der Waals surface area contributed by atoms with Crippen molar-refractivity contribution in [2.45, 2.75) is 45.6 Å². The van der Waals surface area contributed by atoms with Crippen molar-refractivity contribution in [1.82, 2.24) is 14.7 Å². The number of nitrogens with zero attached hydrogens (tertiary/aromatic N) is 3. The lowest BCUT2D eigenvalue weighted by Crippen LogP contribution is -2.48. The SMILES string of the molecule is CCN(CC)C(=O)c1cccc(NC(=O)CN2CCCC(N3CCCC3)C2)c1. The first-order valence-electron chi connectivity index (χ1n) is 10.8. The lowest BCUT2D eigenvalue weighted by Gasteiger charge is -2.37. The lowest BCUT2D eigenvalue weighted by atomic mass is 10.0. The van der Waals surface area contributed by atoms with Crippen LogP contribution in [0, 0.1) is 0 Å². The minimum atomic E-state index is -0.00508. The van der Waals surface area contributed by atoms with Crippen molar-refractivity contribution in [1.29, 1.82) is 0 Å². The van der Waals surface area contributed by atoms with Crippen molar-refractivity contribution in [3.8, 4) is 0 Å². The summed E-state index contributed by atoms with van der Waals surface area (Å²) in [6.45, 7) is 10.1. The highest BCUT2D eigenvalue weighted by atomic mass is 16.2. The molecule has 1 unspecified atom stereocenters. The highest BCUT2D eigenvalue weighted by Gasteiger charge is 2.27. The zero-order valence-electron chi connectivity index (χ0n) is 17.3. The van der Waals surface area contributed by atoms with E-state index in [1.54, 1.807) is 11.0 Å². The van der Waals surface area contributed by atoms with Gasteiger partial charge in [-0.05, 0) is 77.4 Å². The molecular formula is C22H34N4O2. The molecule has 28 heavy (non-hydrogen) atoms. The number of anilines is 1. The molecule has 2 heterocycles. The predicted octanol–water partition coefficient (Wildman–Crippen LogP) is 2.67. The number of rotatable bonds is 7. The van der Waals surface area contributed by atoms with Gasteiger partial charge >= 0.3 is 0 Å². The molecule has 6 heteroatoms. The summed E-state index contributed by atoms with van der Waals surface area (Å²) in [6, 6.07) is 7.86. The molecule has 0 saturated carbocycles. The third-order valence-corrected chi connectivity index (χ3v) is 5.95. The van der Waals surface area contributed by atoms with Gasteiger partial charge in [0.2, 0.25) is 5.91 Å². The smallest absolute Gasteiger partial charge is 0.253 e. The third kappa shape index (κ3) is 5.32. The Balaban J connectivity index is 1.54. The summed E-state index contributed by atoms with van der Waals surface area (Å²) < 4.78 is 0. The van der Waals surface area contributed by atoms with Crippen LogP contribution in [0.2, 0.25) is 0 Å². The second-order valence-corrected chi connectivity index (χ2v) is 7.88. The summed E-state index contributed by atoms with van der Waals surface area (Å²) in [7, 11) is 0. The predicted molar refractivity (Wildman–Crippen MR) is 113 cm³/mol. The van der Waals surface area contributed by atoms with Crippen LogP contribution in [0.25, 0.3) is 0 Å². The normalized spacial score (nSPS) is 20.9. The van der Waals surface area contributed by atoms with Gasteiger partial charge < -0.3 is 10.2 Å². The second kappa shape index (κ2) is 10.0. The topological polar surface area (TPSA) is 55.9 Å². The van der Waals surface area contributed by atoms with E-state index in [2.05, 4.69) is 15.1 Å². The van der Waals surface area contributed by atoms with E-state index in [1.807, 2.05) is 32.0 Å². The minimum Gasteiger partial charge on any atom is -0.339 e. The van der Waals surface area contributed by atoms with Crippen LogP contribution in [0.4, 0.5) is 5.69 Å². The Kier molecular flexibility index (Phi) is 7.45. The van der Waals surface area contributed by atoms with Gasteiger partial charge in [-0.1, -0.05) is 6.07 Å². The highest BCUT2D eigenvalue weighted by Crippen LogP contribution is 2.20. The van der Waals surface area contributed by atoms with Crippen LogP contribution in [0.15, 0.2) is 24.3 Å². The van der Waals surface area contributed by atoms with Crippen molar-refractivity contribution in [2.75, 3.05) is 51.1 Å². The van der Waals surface area contributed by atoms with Crippen molar-refractivity contribution < 1.29 is 9.59 Å². The van der Waals surface area contributed by atoms with Gasteiger partial charge in [-0.2, -0.15) is 0 Å². The largest absolute Gasteiger partial charge is 0.339 e. The summed E-state index contributed by atoms with van der Waals surface area (Å²) in [5.74, 6) is 0.0000876. The fourth-order valence-corrected chi connectivity index (χ4v) is 4.41. The number of hydrogen-bond acceptors (Lipinski definition) is 4. The Bertz CT molecular complexity index is 668. The maximum Gasteiger partial charge on any atom is 0.253 e. The molecule has 0 spiro atoms. The number of likely N-dealkylation sites (tertiary alicyclic amines) is 2. The molecule has 0 aliphatic carbocycles. The maximum atomic E-state index is 12.6. The third-order valence-electron chi connectivity index (χ3n) is 5.95. The molecule has 3 rings (SSSR count). The molecule has 2 aliphatic heterocycles. The molecule has 6 nitrogen and oxygen atoms in total. The molecule has 1 aromatic rings. The van der Waals surface area contributed by atoms with Gasteiger partial charge in [0.1, 0.15) is 0 Å². The molecule has 2 amide bonds. The molecular weight excluding hydrogens is 352 g/mol. The molecule has 1 N–H and O–H groups in total. The highest BCUT2D eigenvalue weighted by molar-refractivity contribution is 5.97. The second-order valence-electron chi connectivity index (χ2n) is 7.88. The summed E-state index contributed by atoms with van der Waals surface area (Å²) in [6.07, 6.45) is 5.01. The molecule has 2 aliphatic rings. The number of carbonyl (C=O) groups is 2. The van der Waals surface area contributed by atoms with E-state index in [4.69, 9.17) is 0 Å². The van der Waals surface area contributed by atoms with Gasteiger partial charge in [-0.3, -0.25) is 19.4 Å². The molecule has 0 aromatic heterocycles. The van der Waals surface area contributed by atoms with E-state index >= 15 is 0 Å². The Morgan fingerprint density at radius 3 is 2.57 bits per heavy atom. The van der Waals surface area contributed by atoms with Gasteiger partial charge in [0.05, 0.1) is 6.54 Å². The van der Waals surface area contributed by atoms with Gasteiger partial charge in [-0.15, -0.1) is 0 Å². The fraction of sp³-hybridized carbons (Fsp3) is 0.636. The van der Waals surface area contributed by atoms with Gasteiger partial charge in [-0.25, -0.2) is 0 Å². The summed E-state index contributed by atoms with van der Waals surface area (Å²) in [4.78, 5) is 31.7. The number of piperidine rings is 1. The minimum absolute atomic E-state index is 0.00508. The summed E-state index contributed by atoms with van der Waals surface area (Å²) >= 11 is 0. The van der Waals surface area contributed by atoms with E-state index in [0.29, 0.717) is 36.9 Å². The van der Waals surface area contributed by atoms with Crippen LogP contribution in [0.1, 0.15) is 49.9 Å². The van der Waals surface area contributed by atoms with Gasteiger partial charge in [0.15, 0.2) is 0 Å². The van der Waals surface area contributed by atoms with E-state index < -0.39 is 0 Å². The first-order chi connectivity index (χ1) is 13.6. The Morgan fingerprint density at radius 2 is 1.86 bits per heavy atom. The van der Waals surface area contributed by atoms with E-state index in [-0.39, 0.29) is 11.8 Å². The monoisotopic (exact) mass is 386 g/mol. The van der Waals surface area contributed by atoms with E-state index in [9.17, 15) is 9.59 Å². The van der Waals surface area contributed by atoms with Crippen LogP contribution in [-0.2, 0) is 4.79 Å². The van der Waals surface area contributed by atoms with Crippen molar-refractivity contribution in [3.63, 3.8) is 0 Å². The molecule has 0 radical (unpaired) electrons. The van der Waals surface area contributed by atoms with Crippen LogP contribution in [-0.4, -0.2) is 78.4 Å². The lowest BCUT2D eigenvalue weighted by molar-refractivity contribution is -0.117. The van der Waals surface area contributed by atoms with E-state index in [0.717, 1.165) is 19.5 Å². The standard InChI is InChI=1S/C22H34N4O2/c1-3-25(4-2)22(28)18-9-7-10-19(15-18)23-21(27)17-24-12-8-11-20(16-24)26-13-5-6-14-26/h7,9-10,15,20H,3-6,8,11-14,16-17H2,1-2H3,(H,23,27). The number of hydrogen-bond donors (Lipinski definition) is 1.